The van der Waals surface area contributed by atoms with E-state index in [1.165, 1.54) is 18.9 Å². The molecule has 0 radical (unpaired) electrons. The van der Waals surface area contributed by atoms with Gasteiger partial charge in [-0.2, -0.15) is 0 Å². The van der Waals surface area contributed by atoms with Crippen molar-refractivity contribution < 1.29 is 13.2 Å². The van der Waals surface area contributed by atoms with Crippen molar-refractivity contribution >= 4 is 27.4 Å². The zero-order chi connectivity index (χ0) is 22.9. The van der Waals surface area contributed by atoms with Gasteiger partial charge >= 0.3 is 0 Å². The summed E-state index contributed by atoms with van der Waals surface area (Å²) in [7, 11) is -3.64. The number of benzene rings is 1. The second kappa shape index (κ2) is 9.06. The fourth-order valence-electron chi connectivity index (χ4n) is 5.14. The van der Waals surface area contributed by atoms with Gasteiger partial charge in [0.25, 0.3) is 5.91 Å². The van der Waals surface area contributed by atoms with Crippen LogP contribution in [-0.4, -0.2) is 38.4 Å². The summed E-state index contributed by atoms with van der Waals surface area (Å²) in [6.45, 7) is 1.83. The van der Waals surface area contributed by atoms with Crippen LogP contribution in [0.2, 0.25) is 0 Å². The second-order valence-electron chi connectivity index (χ2n) is 9.80. The van der Waals surface area contributed by atoms with E-state index in [0.717, 1.165) is 58.0 Å². The summed E-state index contributed by atoms with van der Waals surface area (Å²) in [5.74, 6) is 0.424. The van der Waals surface area contributed by atoms with Crippen LogP contribution in [0.15, 0.2) is 47.5 Å². The minimum absolute atomic E-state index is 0.0146. The van der Waals surface area contributed by atoms with E-state index >= 15 is 0 Å². The number of rotatable bonds is 6. The first kappa shape index (κ1) is 22.3. The third-order valence-electron chi connectivity index (χ3n) is 7.44. The fourth-order valence-corrected chi connectivity index (χ4v) is 6.49. The molecule has 1 aliphatic heterocycles. The van der Waals surface area contributed by atoms with Gasteiger partial charge in [-0.15, -0.1) is 0 Å². The Labute approximate surface area is 196 Å². The number of nitrogens with one attached hydrogen (secondary N) is 2. The zero-order valence-corrected chi connectivity index (χ0v) is 19.7. The highest BCUT2D eigenvalue weighted by Crippen LogP contribution is 2.53. The van der Waals surface area contributed by atoms with Crippen molar-refractivity contribution in [2.45, 2.75) is 68.7 Å². The number of pyridine rings is 1. The number of aromatic nitrogens is 1. The summed E-state index contributed by atoms with van der Waals surface area (Å²) in [6, 6.07) is 10.00. The Morgan fingerprint density at radius 1 is 1.00 bits per heavy atom. The monoisotopic (exact) mass is 468 g/mol. The van der Waals surface area contributed by atoms with Crippen molar-refractivity contribution in [1.29, 1.82) is 0 Å². The molecule has 2 saturated carbocycles. The van der Waals surface area contributed by atoms with Crippen molar-refractivity contribution in [2.75, 3.05) is 23.3 Å². The number of amides is 1. The molecule has 0 unspecified atom stereocenters. The molecule has 0 atom stereocenters. The maximum atomic E-state index is 13.2. The first-order valence-corrected chi connectivity index (χ1v) is 13.6. The third-order valence-corrected chi connectivity index (χ3v) is 8.96. The molecule has 3 fully saturated rings. The molecule has 1 aromatic heterocycles. The summed E-state index contributed by atoms with van der Waals surface area (Å²) in [5.41, 5.74) is 1.51. The van der Waals surface area contributed by atoms with E-state index in [0.29, 0.717) is 22.5 Å². The van der Waals surface area contributed by atoms with E-state index in [1.54, 1.807) is 36.5 Å². The number of sulfonamides is 1. The van der Waals surface area contributed by atoms with Gasteiger partial charge in [0.1, 0.15) is 5.82 Å². The number of nitrogens with zero attached hydrogens (tertiary/aromatic N) is 2. The molecule has 2 N–H and O–H groups in total. The lowest BCUT2D eigenvalue weighted by Gasteiger charge is -2.33. The molecule has 2 aliphatic carbocycles. The SMILES string of the molecule is O=C(Nc1cccc(S(=O)(=O)NC2CCCCC2)c1)c1cccnc1N1CCC2(CC1)CC2. The Morgan fingerprint density at radius 2 is 1.76 bits per heavy atom. The zero-order valence-electron chi connectivity index (χ0n) is 18.9. The molecule has 8 heteroatoms. The van der Waals surface area contributed by atoms with E-state index in [9.17, 15) is 13.2 Å². The highest BCUT2D eigenvalue weighted by Gasteiger charge is 2.44. The van der Waals surface area contributed by atoms with Gasteiger partial charge < -0.3 is 10.2 Å². The Balaban J connectivity index is 1.30. The maximum absolute atomic E-state index is 13.2. The number of carbonyl (C=O) groups excluding carboxylic acids is 1. The van der Waals surface area contributed by atoms with E-state index in [1.807, 2.05) is 0 Å². The normalized spacial score (nSPS) is 20.5. The first-order chi connectivity index (χ1) is 15.9. The number of piperidine rings is 1. The van der Waals surface area contributed by atoms with Crippen LogP contribution < -0.4 is 14.9 Å². The van der Waals surface area contributed by atoms with Gasteiger partial charge in [-0.1, -0.05) is 25.3 Å². The number of hydrogen-bond acceptors (Lipinski definition) is 5. The molecule has 1 aromatic carbocycles. The van der Waals surface area contributed by atoms with Gasteiger partial charge in [-0.3, -0.25) is 4.79 Å². The molecule has 2 heterocycles. The average molecular weight is 469 g/mol. The van der Waals surface area contributed by atoms with Gasteiger partial charge in [-0.05, 0) is 74.3 Å². The van der Waals surface area contributed by atoms with Gasteiger partial charge in [-0.25, -0.2) is 18.1 Å². The quantitative estimate of drug-likeness (QED) is 0.659. The van der Waals surface area contributed by atoms with Gasteiger partial charge in [0.15, 0.2) is 0 Å². The van der Waals surface area contributed by atoms with Gasteiger partial charge in [0, 0.05) is 31.0 Å². The molecule has 2 aromatic rings. The largest absolute Gasteiger partial charge is 0.356 e. The highest BCUT2D eigenvalue weighted by atomic mass is 32.2. The molecule has 1 amide bonds. The van der Waals surface area contributed by atoms with Crippen molar-refractivity contribution in [3.8, 4) is 0 Å². The molecular weight excluding hydrogens is 436 g/mol. The maximum Gasteiger partial charge on any atom is 0.259 e. The molecular formula is C25H32N4O3S. The summed E-state index contributed by atoms with van der Waals surface area (Å²) in [4.78, 5) is 20.0. The lowest BCUT2D eigenvalue weighted by Crippen LogP contribution is -2.36. The van der Waals surface area contributed by atoms with Crippen molar-refractivity contribution in [1.82, 2.24) is 9.71 Å². The first-order valence-electron chi connectivity index (χ1n) is 12.1. The Hall–Kier alpha value is -2.45. The smallest absolute Gasteiger partial charge is 0.259 e. The summed E-state index contributed by atoms with van der Waals surface area (Å²) < 4.78 is 28.6. The van der Waals surface area contributed by atoms with Crippen LogP contribution in [0.4, 0.5) is 11.5 Å². The van der Waals surface area contributed by atoms with Crippen LogP contribution in [0, 0.1) is 5.41 Å². The highest BCUT2D eigenvalue weighted by molar-refractivity contribution is 7.89. The molecule has 3 aliphatic rings. The molecule has 0 bridgehead atoms. The summed E-state index contributed by atoms with van der Waals surface area (Å²) in [5, 5.41) is 2.88. The minimum Gasteiger partial charge on any atom is -0.356 e. The van der Waals surface area contributed by atoms with Crippen molar-refractivity contribution in [3.05, 3.63) is 48.2 Å². The van der Waals surface area contributed by atoms with Crippen LogP contribution in [0.1, 0.15) is 68.1 Å². The van der Waals surface area contributed by atoms with Gasteiger partial charge in [0.2, 0.25) is 10.0 Å². The van der Waals surface area contributed by atoms with Crippen molar-refractivity contribution in [2.24, 2.45) is 5.41 Å². The molecule has 33 heavy (non-hydrogen) atoms. The topological polar surface area (TPSA) is 91.4 Å². The van der Waals surface area contributed by atoms with E-state index < -0.39 is 10.0 Å². The number of hydrogen-bond donors (Lipinski definition) is 2. The lowest BCUT2D eigenvalue weighted by atomic mass is 9.93. The van der Waals surface area contributed by atoms with E-state index in [4.69, 9.17) is 0 Å². The predicted molar refractivity (Wildman–Crippen MR) is 129 cm³/mol. The molecule has 1 saturated heterocycles. The Kier molecular flexibility index (Phi) is 6.14. The number of anilines is 2. The van der Waals surface area contributed by atoms with E-state index in [2.05, 4.69) is 19.9 Å². The van der Waals surface area contributed by atoms with Crippen LogP contribution in [0.25, 0.3) is 0 Å². The minimum atomic E-state index is -3.64. The standard InChI is InChI=1S/C25H32N4O3S/c30-24(22-10-5-15-26-23(22)29-16-13-25(11-12-25)14-17-29)27-20-8-4-9-21(18-20)33(31,32)28-19-6-2-1-3-7-19/h4-5,8-10,15,18-19,28H,1-3,6-7,11-14,16-17H2,(H,27,30). The fraction of sp³-hybridized carbons (Fsp3) is 0.520. The molecule has 5 rings (SSSR count). The van der Waals surface area contributed by atoms with Crippen molar-refractivity contribution in [3.63, 3.8) is 0 Å². The van der Waals surface area contributed by atoms with E-state index in [-0.39, 0.29) is 16.8 Å². The third kappa shape index (κ3) is 5.06. The van der Waals surface area contributed by atoms with Crippen LogP contribution >= 0.6 is 0 Å². The summed E-state index contributed by atoms with van der Waals surface area (Å²) in [6.07, 6.45) is 11.7. The average Bonchev–Trinajstić information content (AvgIpc) is 3.59. The summed E-state index contributed by atoms with van der Waals surface area (Å²) >= 11 is 0. The Bertz CT molecular complexity index is 1110. The van der Waals surface area contributed by atoms with Crippen LogP contribution in [0.5, 0.6) is 0 Å². The van der Waals surface area contributed by atoms with Crippen LogP contribution in [0.3, 0.4) is 0 Å². The van der Waals surface area contributed by atoms with Gasteiger partial charge in [0.05, 0.1) is 10.5 Å². The lowest BCUT2D eigenvalue weighted by molar-refractivity contribution is 0.102. The molecule has 1 spiro atoms. The molecule has 176 valence electrons. The second-order valence-corrected chi connectivity index (χ2v) is 11.5. The number of carbonyl (C=O) groups is 1. The van der Waals surface area contributed by atoms with Crippen LogP contribution in [-0.2, 0) is 10.0 Å². The molecule has 7 nitrogen and oxygen atoms in total. The predicted octanol–water partition coefficient (Wildman–Crippen LogP) is 4.33. The Morgan fingerprint density at radius 3 is 2.48 bits per heavy atom.